The first-order valence-corrected chi connectivity index (χ1v) is 7.20. The molecule has 19 heavy (non-hydrogen) atoms. The van der Waals surface area contributed by atoms with Crippen LogP contribution in [-0.4, -0.2) is 0 Å². The van der Waals surface area contributed by atoms with Crippen molar-refractivity contribution in [1.29, 1.82) is 0 Å². The molecular weight excluding hydrogens is 309 g/mol. The lowest BCUT2D eigenvalue weighted by Gasteiger charge is -2.12. The van der Waals surface area contributed by atoms with E-state index < -0.39 is 11.3 Å². The SMILES string of the molecule is FC(Cl)c1ccccc1Sc1ccccc1C(F)Cl. The summed E-state index contributed by atoms with van der Waals surface area (Å²) in [6.45, 7) is 0. The Labute approximate surface area is 124 Å². The van der Waals surface area contributed by atoms with Gasteiger partial charge in [0, 0.05) is 20.9 Å². The maximum absolute atomic E-state index is 13.3. The molecule has 0 saturated heterocycles. The van der Waals surface area contributed by atoms with E-state index >= 15 is 0 Å². The fourth-order valence-corrected chi connectivity index (χ4v) is 3.24. The molecule has 0 amide bonds. The lowest BCUT2D eigenvalue weighted by molar-refractivity contribution is 0.454. The Kier molecular flexibility index (Phi) is 5.08. The van der Waals surface area contributed by atoms with Crippen LogP contribution in [0, 0.1) is 0 Å². The summed E-state index contributed by atoms with van der Waals surface area (Å²) in [5.74, 6) is 0. The molecule has 0 nitrogen and oxygen atoms in total. The van der Waals surface area contributed by atoms with Gasteiger partial charge >= 0.3 is 0 Å². The lowest BCUT2D eigenvalue weighted by atomic mass is 10.2. The van der Waals surface area contributed by atoms with E-state index in [1.165, 1.54) is 11.8 Å². The second kappa shape index (κ2) is 6.60. The van der Waals surface area contributed by atoms with Gasteiger partial charge in [0.2, 0.25) is 0 Å². The van der Waals surface area contributed by atoms with Crippen molar-refractivity contribution >= 4 is 35.0 Å². The lowest BCUT2D eigenvalue weighted by Crippen LogP contribution is -1.90. The van der Waals surface area contributed by atoms with Crippen molar-refractivity contribution in [2.45, 2.75) is 21.1 Å². The van der Waals surface area contributed by atoms with Crippen molar-refractivity contribution in [2.75, 3.05) is 0 Å². The van der Waals surface area contributed by atoms with E-state index in [0.29, 0.717) is 20.9 Å². The number of benzene rings is 2. The summed E-state index contributed by atoms with van der Waals surface area (Å²) < 4.78 is 26.6. The Hall–Kier alpha value is -0.770. The quantitative estimate of drug-likeness (QED) is 0.600. The number of alkyl halides is 4. The Morgan fingerprint density at radius 1 is 0.737 bits per heavy atom. The predicted octanol–water partition coefficient (Wildman–Crippen LogP) is 6.25. The molecule has 0 spiro atoms. The molecule has 0 aliphatic rings. The Bertz CT molecular complexity index is 509. The van der Waals surface area contributed by atoms with Crippen molar-refractivity contribution in [1.82, 2.24) is 0 Å². The molecule has 0 saturated carbocycles. The maximum atomic E-state index is 13.3. The van der Waals surface area contributed by atoms with Gasteiger partial charge in [-0.25, -0.2) is 8.78 Å². The number of hydrogen-bond donors (Lipinski definition) is 0. The van der Waals surface area contributed by atoms with Crippen molar-refractivity contribution in [2.24, 2.45) is 0 Å². The van der Waals surface area contributed by atoms with Gasteiger partial charge in [-0.1, -0.05) is 71.4 Å². The van der Waals surface area contributed by atoms with Gasteiger partial charge in [0.15, 0.2) is 11.3 Å². The van der Waals surface area contributed by atoms with Crippen molar-refractivity contribution in [3.63, 3.8) is 0 Å². The van der Waals surface area contributed by atoms with Gasteiger partial charge < -0.3 is 0 Å². The molecule has 0 aliphatic carbocycles. The topological polar surface area (TPSA) is 0 Å². The van der Waals surface area contributed by atoms with Gasteiger partial charge in [0.1, 0.15) is 0 Å². The van der Waals surface area contributed by atoms with Crippen LogP contribution in [0.3, 0.4) is 0 Å². The molecule has 0 aliphatic heterocycles. The molecular formula is C14H10Cl2F2S. The molecule has 0 aromatic heterocycles. The van der Waals surface area contributed by atoms with Crippen molar-refractivity contribution < 1.29 is 8.78 Å². The average molecular weight is 319 g/mol. The van der Waals surface area contributed by atoms with Crippen LogP contribution in [-0.2, 0) is 0 Å². The highest BCUT2D eigenvalue weighted by Crippen LogP contribution is 2.40. The number of halogens is 4. The maximum Gasteiger partial charge on any atom is 0.199 e. The minimum Gasteiger partial charge on any atom is -0.225 e. The van der Waals surface area contributed by atoms with E-state index in [1.807, 2.05) is 0 Å². The molecule has 5 heteroatoms. The molecule has 100 valence electrons. The average Bonchev–Trinajstić information content (AvgIpc) is 2.39. The van der Waals surface area contributed by atoms with Gasteiger partial charge in [-0.15, -0.1) is 0 Å². The third kappa shape index (κ3) is 3.62. The molecule has 2 atom stereocenters. The van der Waals surface area contributed by atoms with Crippen LogP contribution in [0.25, 0.3) is 0 Å². The van der Waals surface area contributed by atoms with E-state index in [-0.39, 0.29) is 0 Å². The minimum absolute atomic E-state index is 0.369. The fraction of sp³-hybridized carbons (Fsp3) is 0.143. The largest absolute Gasteiger partial charge is 0.225 e. The summed E-state index contributed by atoms with van der Waals surface area (Å²) in [4.78, 5) is 1.30. The van der Waals surface area contributed by atoms with Gasteiger partial charge in [-0.2, -0.15) is 0 Å². The third-order valence-corrected chi connectivity index (χ3v) is 4.18. The van der Waals surface area contributed by atoms with Crippen LogP contribution in [0.4, 0.5) is 8.78 Å². The zero-order valence-corrected chi connectivity index (χ0v) is 12.0. The molecule has 2 aromatic carbocycles. The first kappa shape index (κ1) is 14.6. The fourth-order valence-electron chi connectivity index (χ4n) is 1.63. The number of rotatable bonds is 4. The summed E-state index contributed by atoms with van der Waals surface area (Å²) >= 11 is 12.2. The van der Waals surface area contributed by atoms with Crippen molar-refractivity contribution in [3.05, 3.63) is 59.7 Å². The summed E-state index contributed by atoms with van der Waals surface area (Å²) in [5.41, 5.74) is -2.44. The number of hydrogen-bond acceptors (Lipinski definition) is 1. The monoisotopic (exact) mass is 318 g/mol. The summed E-state index contributed by atoms with van der Waals surface area (Å²) in [7, 11) is 0. The van der Waals surface area contributed by atoms with E-state index in [4.69, 9.17) is 23.2 Å². The summed E-state index contributed by atoms with van der Waals surface area (Å²) in [6.07, 6.45) is 0. The summed E-state index contributed by atoms with van der Waals surface area (Å²) in [6, 6.07) is 13.7. The normalized spacial score (nSPS) is 14.1. The van der Waals surface area contributed by atoms with E-state index in [0.717, 1.165) is 0 Å². The second-order valence-electron chi connectivity index (χ2n) is 3.78. The Morgan fingerprint density at radius 2 is 1.11 bits per heavy atom. The minimum atomic E-state index is -1.59. The zero-order valence-electron chi connectivity index (χ0n) is 9.69. The highest BCUT2D eigenvalue weighted by Gasteiger charge is 2.15. The van der Waals surface area contributed by atoms with Gasteiger partial charge in [-0.05, 0) is 12.1 Å². The first-order valence-electron chi connectivity index (χ1n) is 5.51. The first-order chi connectivity index (χ1) is 9.09. The van der Waals surface area contributed by atoms with E-state index in [9.17, 15) is 8.78 Å². The molecule has 2 rings (SSSR count). The molecule has 2 aromatic rings. The third-order valence-electron chi connectivity index (χ3n) is 2.53. The van der Waals surface area contributed by atoms with Crippen molar-refractivity contribution in [3.8, 4) is 0 Å². The summed E-state index contributed by atoms with van der Waals surface area (Å²) in [5, 5.41) is 0. The van der Waals surface area contributed by atoms with Gasteiger partial charge in [-0.3, -0.25) is 0 Å². The van der Waals surface area contributed by atoms with Gasteiger partial charge in [0.05, 0.1) is 0 Å². The van der Waals surface area contributed by atoms with Crippen LogP contribution in [0.15, 0.2) is 58.3 Å². The van der Waals surface area contributed by atoms with E-state index in [2.05, 4.69) is 0 Å². The van der Waals surface area contributed by atoms with Crippen LogP contribution >= 0.6 is 35.0 Å². The van der Waals surface area contributed by atoms with Gasteiger partial charge in [0.25, 0.3) is 0 Å². The molecule has 0 radical (unpaired) electrons. The standard InChI is InChI=1S/C14H10Cl2F2S/c15-13(17)9-5-1-3-7-11(9)19-12-8-4-2-6-10(12)14(16)18/h1-8,13-14H. The van der Waals surface area contributed by atoms with Crippen LogP contribution < -0.4 is 0 Å². The molecule has 0 heterocycles. The molecule has 0 bridgehead atoms. The van der Waals surface area contributed by atoms with E-state index in [1.54, 1.807) is 48.5 Å². The zero-order chi connectivity index (χ0) is 13.8. The Balaban J connectivity index is 2.37. The van der Waals surface area contributed by atoms with Crippen LogP contribution in [0.5, 0.6) is 0 Å². The molecule has 2 unspecified atom stereocenters. The second-order valence-corrected chi connectivity index (χ2v) is 5.63. The van der Waals surface area contributed by atoms with Crippen LogP contribution in [0.1, 0.15) is 22.4 Å². The van der Waals surface area contributed by atoms with Crippen LogP contribution in [0.2, 0.25) is 0 Å². The predicted molar refractivity (Wildman–Crippen MR) is 76.4 cm³/mol. The molecule has 0 N–H and O–H groups in total. The highest BCUT2D eigenvalue weighted by atomic mass is 35.5. The Morgan fingerprint density at radius 3 is 1.47 bits per heavy atom. The smallest absolute Gasteiger partial charge is 0.199 e. The highest BCUT2D eigenvalue weighted by molar-refractivity contribution is 7.99. The molecule has 0 fully saturated rings.